The highest BCUT2D eigenvalue weighted by atomic mass is 16.7. The second-order valence-electron chi connectivity index (χ2n) is 9.40. The molecular formula is C26H32N4O4. The van der Waals surface area contributed by atoms with Crippen molar-refractivity contribution in [3.8, 4) is 5.75 Å². The lowest BCUT2D eigenvalue weighted by atomic mass is 9.85. The molecular weight excluding hydrogens is 432 g/mol. The van der Waals surface area contributed by atoms with Crippen molar-refractivity contribution < 1.29 is 19.2 Å². The van der Waals surface area contributed by atoms with Gasteiger partial charge in [0, 0.05) is 25.6 Å². The van der Waals surface area contributed by atoms with Crippen LogP contribution in [0.1, 0.15) is 49.3 Å². The van der Waals surface area contributed by atoms with Gasteiger partial charge >= 0.3 is 0 Å². The van der Waals surface area contributed by atoms with Crippen molar-refractivity contribution in [2.75, 3.05) is 20.2 Å². The van der Waals surface area contributed by atoms with Crippen LogP contribution in [0.2, 0.25) is 0 Å². The predicted molar refractivity (Wildman–Crippen MR) is 126 cm³/mol. The number of carbonyl (C=O) groups excluding carboxylic acids is 2. The van der Waals surface area contributed by atoms with Gasteiger partial charge in [-0.3, -0.25) is 14.4 Å². The fourth-order valence-corrected chi connectivity index (χ4v) is 5.32. The summed E-state index contributed by atoms with van der Waals surface area (Å²) in [6.45, 7) is 1.63. The predicted octanol–water partition coefficient (Wildman–Crippen LogP) is 2.72. The highest BCUT2D eigenvalue weighted by molar-refractivity contribution is 5.83. The Balaban J connectivity index is 1.16. The molecule has 3 aliphatic rings. The second kappa shape index (κ2) is 9.74. The van der Waals surface area contributed by atoms with Crippen molar-refractivity contribution in [3.05, 3.63) is 65.7 Å². The van der Waals surface area contributed by atoms with Crippen molar-refractivity contribution in [1.29, 1.82) is 0 Å². The van der Waals surface area contributed by atoms with Crippen molar-refractivity contribution in [3.63, 3.8) is 0 Å². The molecule has 0 saturated carbocycles. The van der Waals surface area contributed by atoms with Crippen LogP contribution in [0.5, 0.6) is 5.75 Å². The minimum Gasteiger partial charge on any atom is -0.497 e. The summed E-state index contributed by atoms with van der Waals surface area (Å²) in [6.07, 6.45) is 3.45. The summed E-state index contributed by atoms with van der Waals surface area (Å²) in [5.74, 6) is 0.968. The van der Waals surface area contributed by atoms with Crippen molar-refractivity contribution >= 4 is 11.8 Å². The molecule has 2 aromatic carbocycles. The first-order valence-corrected chi connectivity index (χ1v) is 12.0. The Kier molecular flexibility index (Phi) is 6.54. The average Bonchev–Trinajstić information content (AvgIpc) is 3.49. The molecule has 2 N–H and O–H groups in total. The number of benzene rings is 2. The van der Waals surface area contributed by atoms with Crippen LogP contribution in [-0.2, 0) is 21.0 Å². The van der Waals surface area contributed by atoms with Gasteiger partial charge < -0.3 is 9.64 Å². The van der Waals surface area contributed by atoms with E-state index in [4.69, 9.17) is 9.57 Å². The minimum absolute atomic E-state index is 0.0414. The largest absolute Gasteiger partial charge is 0.497 e. The molecule has 2 aromatic rings. The lowest BCUT2D eigenvalue weighted by Crippen LogP contribution is -2.56. The van der Waals surface area contributed by atoms with E-state index >= 15 is 0 Å². The Hall–Kier alpha value is -2.94. The van der Waals surface area contributed by atoms with Crippen molar-refractivity contribution in [2.45, 2.75) is 56.3 Å². The van der Waals surface area contributed by atoms with E-state index in [1.807, 2.05) is 59.5 Å². The van der Waals surface area contributed by atoms with Gasteiger partial charge in [0.25, 0.3) is 0 Å². The second-order valence-corrected chi connectivity index (χ2v) is 9.40. The fourth-order valence-electron chi connectivity index (χ4n) is 5.32. The van der Waals surface area contributed by atoms with E-state index < -0.39 is 0 Å². The number of hydrazine groups is 1. The third-order valence-electron chi connectivity index (χ3n) is 7.39. The molecule has 5 rings (SSSR count). The standard InChI is InChI=1S/C26H32N4O4/c1-33-21-9-7-20(8-10-21)22-17-23(28-27-22)25(32)29-15-13-26(14-16-29)12-11-24(31)30(26)34-18-19-5-3-2-4-6-19/h2-10,22-23,27-28H,11-18H2,1H3. The zero-order valence-electron chi connectivity index (χ0n) is 19.5. The van der Waals surface area contributed by atoms with Gasteiger partial charge in [0.15, 0.2) is 0 Å². The highest BCUT2D eigenvalue weighted by Crippen LogP contribution is 2.40. The molecule has 2 atom stereocenters. The number of rotatable bonds is 6. The van der Waals surface area contributed by atoms with E-state index in [9.17, 15) is 9.59 Å². The number of likely N-dealkylation sites (tertiary alicyclic amines) is 1. The first-order valence-electron chi connectivity index (χ1n) is 12.0. The first-order chi connectivity index (χ1) is 16.6. The molecule has 2 amide bonds. The monoisotopic (exact) mass is 464 g/mol. The molecule has 0 aromatic heterocycles. The Labute approximate surface area is 200 Å². The number of hydrogen-bond acceptors (Lipinski definition) is 6. The topological polar surface area (TPSA) is 83.1 Å². The Morgan fingerprint density at radius 1 is 1.03 bits per heavy atom. The van der Waals surface area contributed by atoms with Crippen LogP contribution in [0.3, 0.4) is 0 Å². The van der Waals surface area contributed by atoms with Crippen LogP contribution >= 0.6 is 0 Å². The van der Waals surface area contributed by atoms with Crippen LogP contribution in [0.25, 0.3) is 0 Å². The van der Waals surface area contributed by atoms with Gasteiger partial charge in [-0.05, 0) is 48.9 Å². The molecule has 3 fully saturated rings. The number of piperidine rings is 1. The van der Waals surface area contributed by atoms with Gasteiger partial charge in [0.05, 0.1) is 12.6 Å². The van der Waals surface area contributed by atoms with Gasteiger partial charge in [-0.1, -0.05) is 42.5 Å². The maximum atomic E-state index is 13.2. The smallest absolute Gasteiger partial charge is 0.246 e. The summed E-state index contributed by atoms with van der Waals surface area (Å²) in [4.78, 5) is 33.8. The molecule has 180 valence electrons. The fraction of sp³-hybridized carbons (Fsp3) is 0.462. The van der Waals surface area contributed by atoms with E-state index in [1.54, 1.807) is 12.2 Å². The molecule has 0 aliphatic carbocycles. The minimum atomic E-state index is -0.310. The SMILES string of the molecule is COc1ccc(C2CC(C(=O)N3CCC4(CCC(=O)N4OCc4ccccc4)CC3)NN2)cc1. The molecule has 2 unspecified atom stereocenters. The summed E-state index contributed by atoms with van der Waals surface area (Å²) in [6, 6.07) is 17.6. The molecule has 0 bridgehead atoms. The molecule has 8 heteroatoms. The Morgan fingerprint density at radius 3 is 2.47 bits per heavy atom. The summed E-state index contributed by atoms with van der Waals surface area (Å²) >= 11 is 0. The van der Waals surface area contributed by atoms with Crippen molar-refractivity contribution in [1.82, 2.24) is 20.8 Å². The van der Waals surface area contributed by atoms with E-state index in [0.29, 0.717) is 32.5 Å². The van der Waals surface area contributed by atoms with Crippen molar-refractivity contribution in [2.24, 2.45) is 0 Å². The summed E-state index contributed by atoms with van der Waals surface area (Å²) < 4.78 is 5.23. The van der Waals surface area contributed by atoms with Gasteiger partial charge in [-0.25, -0.2) is 15.9 Å². The Bertz CT molecular complexity index is 1010. The lowest BCUT2D eigenvalue weighted by Gasteiger charge is -2.44. The van der Waals surface area contributed by atoms with E-state index in [1.165, 1.54) is 0 Å². The third-order valence-corrected chi connectivity index (χ3v) is 7.39. The van der Waals surface area contributed by atoms with E-state index in [-0.39, 0.29) is 29.4 Å². The maximum absolute atomic E-state index is 13.2. The number of methoxy groups -OCH3 is 1. The number of amides is 2. The average molecular weight is 465 g/mol. The number of ether oxygens (including phenoxy) is 1. The lowest BCUT2D eigenvalue weighted by molar-refractivity contribution is -0.222. The summed E-state index contributed by atoms with van der Waals surface area (Å²) in [7, 11) is 1.65. The van der Waals surface area contributed by atoms with Crippen LogP contribution in [0, 0.1) is 0 Å². The molecule has 1 spiro atoms. The van der Waals surface area contributed by atoms with Crippen LogP contribution < -0.4 is 15.6 Å². The molecule has 34 heavy (non-hydrogen) atoms. The number of hydroxylamine groups is 2. The van der Waals surface area contributed by atoms with Gasteiger partial charge in [0.1, 0.15) is 18.4 Å². The maximum Gasteiger partial charge on any atom is 0.246 e. The first kappa shape index (κ1) is 22.8. The van der Waals surface area contributed by atoms with Gasteiger partial charge in [-0.15, -0.1) is 0 Å². The van der Waals surface area contributed by atoms with E-state index in [2.05, 4.69) is 10.9 Å². The van der Waals surface area contributed by atoms with E-state index in [0.717, 1.165) is 36.1 Å². The number of nitrogens with zero attached hydrogens (tertiary/aromatic N) is 2. The number of hydrogen-bond donors (Lipinski definition) is 2. The van der Waals surface area contributed by atoms with Gasteiger partial charge in [-0.2, -0.15) is 0 Å². The summed E-state index contributed by atoms with van der Waals surface area (Å²) in [5.41, 5.74) is 8.30. The van der Waals surface area contributed by atoms with Crippen LogP contribution in [0.15, 0.2) is 54.6 Å². The molecule has 3 saturated heterocycles. The molecule has 0 radical (unpaired) electrons. The zero-order chi connectivity index (χ0) is 23.5. The number of carbonyl (C=O) groups is 2. The molecule has 3 aliphatic heterocycles. The normalized spacial score (nSPS) is 24.1. The van der Waals surface area contributed by atoms with Crippen LogP contribution in [0.4, 0.5) is 0 Å². The molecule has 3 heterocycles. The summed E-state index contributed by atoms with van der Waals surface area (Å²) in [5, 5.41) is 1.62. The third kappa shape index (κ3) is 4.53. The molecule has 8 nitrogen and oxygen atoms in total. The van der Waals surface area contributed by atoms with Gasteiger partial charge in [0.2, 0.25) is 11.8 Å². The highest BCUT2D eigenvalue weighted by Gasteiger charge is 2.49. The number of nitrogens with one attached hydrogen (secondary N) is 2. The zero-order valence-corrected chi connectivity index (χ0v) is 19.5. The quantitative estimate of drug-likeness (QED) is 0.684. The van der Waals surface area contributed by atoms with Crippen LogP contribution in [-0.4, -0.2) is 53.6 Å². The Morgan fingerprint density at radius 2 is 1.76 bits per heavy atom.